The Kier molecular flexibility index (Phi) is 5.03. The lowest BCUT2D eigenvalue weighted by Crippen LogP contribution is -2.22. The van der Waals surface area contributed by atoms with Crippen LogP contribution in [0.15, 0.2) is 65.6 Å². The van der Waals surface area contributed by atoms with Gasteiger partial charge in [0.25, 0.3) is 5.56 Å². The number of aryl methyl sites for hydroxylation is 1. The Bertz CT molecular complexity index is 1200. The average Bonchev–Trinajstić information content (AvgIpc) is 2.69. The zero-order valence-electron chi connectivity index (χ0n) is 15.0. The molecule has 0 saturated heterocycles. The molecule has 1 N–H and O–H groups in total. The van der Waals surface area contributed by atoms with Gasteiger partial charge < -0.3 is 5.32 Å². The second-order valence-electron chi connectivity index (χ2n) is 6.17. The standard InChI is InChI=1S/C21H16Cl2N4O/c1-2-27-19-13(12-24-21(26-19)25-14-7-4-3-5-8-14)11-15(20(27)28)18-16(22)9-6-10-17(18)23/h3-12H,2H2,1H3,(H,24,25,26). The largest absolute Gasteiger partial charge is 0.324 e. The van der Waals surface area contributed by atoms with Crippen molar-refractivity contribution in [3.8, 4) is 11.1 Å². The number of rotatable bonds is 4. The molecule has 0 aliphatic carbocycles. The minimum absolute atomic E-state index is 0.200. The molecule has 0 aliphatic heterocycles. The minimum atomic E-state index is -0.200. The summed E-state index contributed by atoms with van der Waals surface area (Å²) in [6.07, 6.45) is 1.69. The average molecular weight is 411 g/mol. The van der Waals surface area contributed by atoms with E-state index in [0.29, 0.717) is 39.3 Å². The molecule has 2 aromatic heterocycles. The molecule has 5 nitrogen and oxygen atoms in total. The Labute approximate surface area is 171 Å². The molecular weight excluding hydrogens is 395 g/mol. The van der Waals surface area contributed by atoms with Gasteiger partial charge in [-0.25, -0.2) is 4.98 Å². The molecular formula is C21H16Cl2N4O. The number of benzene rings is 2. The van der Waals surface area contributed by atoms with E-state index in [0.717, 1.165) is 11.1 Å². The first-order valence-corrected chi connectivity index (χ1v) is 9.51. The third-order valence-electron chi connectivity index (χ3n) is 4.41. The molecule has 0 atom stereocenters. The van der Waals surface area contributed by atoms with Crippen LogP contribution in [0.2, 0.25) is 10.0 Å². The molecule has 0 spiro atoms. The van der Waals surface area contributed by atoms with E-state index in [-0.39, 0.29) is 5.56 Å². The van der Waals surface area contributed by atoms with Crippen molar-refractivity contribution in [1.82, 2.24) is 14.5 Å². The molecule has 7 heteroatoms. The second-order valence-corrected chi connectivity index (χ2v) is 6.98. The Morgan fingerprint density at radius 2 is 1.75 bits per heavy atom. The third-order valence-corrected chi connectivity index (χ3v) is 5.04. The van der Waals surface area contributed by atoms with Crippen LogP contribution >= 0.6 is 23.2 Å². The monoisotopic (exact) mass is 410 g/mol. The highest BCUT2D eigenvalue weighted by atomic mass is 35.5. The first-order chi connectivity index (χ1) is 13.6. The molecule has 0 amide bonds. The van der Waals surface area contributed by atoms with Crippen LogP contribution in [0.25, 0.3) is 22.2 Å². The van der Waals surface area contributed by atoms with Gasteiger partial charge in [-0.3, -0.25) is 9.36 Å². The van der Waals surface area contributed by atoms with Crippen LogP contribution in [0.1, 0.15) is 6.92 Å². The van der Waals surface area contributed by atoms with E-state index in [1.165, 1.54) is 0 Å². The van der Waals surface area contributed by atoms with Gasteiger partial charge in [0.15, 0.2) is 0 Å². The maximum Gasteiger partial charge on any atom is 0.260 e. The van der Waals surface area contributed by atoms with E-state index in [1.807, 2.05) is 37.3 Å². The number of fused-ring (bicyclic) bond motifs is 1. The molecule has 4 aromatic rings. The minimum Gasteiger partial charge on any atom is -0.324 e. The first kappa shape index (κ1) is 18.5. The van der Waals surface area contributed by atoms with Crippen LogP contribution in [0.3, 0.4) is 0 Å². The summed E-state index contributed by atoms with van der Waals surface area (Å²) in [6, 6.07) is 16.5. The predicted molar refractivity (Wildman–Crippen MR) is 115 cm³/mol. The fourth-order valence-corrected chi connectivity index (χ4v) is 3.70. The van der Waals surface area contributed by atoms with Crippen molar-refractivity contribution in [1.29, 1.82) is 0 Å². The van der Waals surface area contributed by atoms with Crippen LogP contribution in [0.5, 0.6) is 0 Å². The summed E-state index contributed by atoms with van der Waals surface area (Å²) < 4.78 is 1.60. The topological polar surface area (TPSA) is 59.8 Å². The Balaban J connectivity index is 1.89. The van der Waals surface area contributed by atoms with E-state index in [4.69, 9.17) is 23.2 Å². The summed E-state index contributed by atoms with van der Waals surface area (Å²) in [5, 5.41) is 4.73. The van der Waals surface area contributed by atoms with Gasteiger partial charge in [-0.2, -0.15) is 4.98 Å². The summed E-state index contributed by atoms with van der Waals surface area (Å²) in [6.45, 7) is 2.35. The van der Waals surface area contributed by atoms with E-state index in [1.54, 1.807) is 35.0 Å². The van der Waals surface area contributed by atoms with Gasteiger partial charge in [-0.1, -0.05) is 47.5 Å². The highest BCUT2D eigenvalue weighted by Gasteiger charge is 2.17. The van der Waals surface area contributed by atoms with Crippen LogP contribution in [0, 0.1) is 0 Å². The lowest BCUT2D eigenvalue weighted by atomic mass is 10.1. The van der Waals surface area contributed by atoms with Gasteiger partial charge in [0.05, 0.1) is 15.6 Å². The highest BCUT2D eigenvalue weighted by Crippen LogP contribution is 2.33. The van der Waals surface area contributed by atoms with Crippen molar-refractivity contribution in [2.45, 2.75) is 13.5 Å². The van der Waals surface area contributed by atoms with E-state index in [9.17, 15) is 4.79 Å². The molecule has 0 radical (unpaired) electrons. The quantitative estimate of drug-likeness (QED) is 0.480. The van der Waals surface area contributed by atoms with Gasteiger partial charge in [-0.05, 0) is 37.3 Å². The maximum atomic E-state index is 13.2. The van der Waals surface area contributed by atoms with Crippen LogP contribution in [-0.4, -0.2) is 14.5 Å². The molecule has 0 unspecified atom stereocenters. The zero-order chi connectivity index (χ0) is 19.7. The van der Waals surface area contributed by atoms with Crippen LogP contribution in [-0.2, 0) is 6.54 Å². The molecule has 0 aliphatic rings. The van der Waals surface area contributed by atoms with Gasteiger partial charge in [0.1, 0.15) is 5.65 Å². The molecule has 4 rings (SSSR count). The molecule has 2 heterocycles. The molecule has 0 bridgehead atoms. The number of aromatic nitrogens is 3. The maximum absolute atomic E-state index is 13.2. The predicted octanol–water partition coefficient (Wildman–Crippen LogP) is 5.53. The van der Waals surface area contributed by atoms with E-state index >= 15 is 0 Å². The van der Waals surface area contributed by atoms with Gasteiger partial charge in [0, 0.05) is 29.4 Å². The SMILES string of the molecule is CCn1c(=O)c(-c2c(Cl)cccc2Cl)cc2cnc(Nc3ccccc3)nc21. The number of hydrogen-bond acceptors (Lipinski definition) is 4. The zero-order valence-corrected chi connectivity index (χ0v) is 16.5. The highest BCUT2D eigenvalue weighted by molar-refractivity contribution is 6.39. The summed E-state index contributed by atoms with van der Waals surface area (Å²) in [5.74, 6) is 0.420. The summed E-state index contributed by atoms with van der Waals surface area (Å²) >= 11 is 12.6. The van der Waals surface area contributed by atoms with E-state index < -0.39 is 0 Å². The van der Waals surface area contributed by atoms with Crippen LogP contribution < -0.4 is 10.9 Å². The summed E-state index contributed by atoms with van der Waals surface area (Å²) in [7, 11) is 0. The number of hydrogen-bond donors (Lipinski definition) is 1. The summed E-state index contributed by atoms with van der Waals surface area (Å²) in [4.78, 5) is 22.1. The normalized spacial score (nSPS) is 11.0. The number of para-hydroxylation sites is 1. The van der Waals surface area contributed by atoms with Crippen molar-refractivity contribution >= 4 is 45.9 Å². The fraction of sp³-hybridized carbons (Fsp3) is 0.0952. The molecule has 28 heavy (non-hydrogen) atoms. The number of halogens is 2. The lowest BCUT2D eigenvalue weighted by molar-refractivity contribution is 0.751. The Morgan fingerprint density at radius 3 is 2.43 bits per heavy atom. The first-order valence-electron chi connectivity index (χ1n) is 8.75. The van der Waals surface area contributed by atoms with Crippen molar-refractivity contribution in [3.63, 3.8) is 0 Å². The number of anilines is 2. The Morgan fingerprint density at radius 1 is 1.04 bits per heavy atom. The molecule has 0 saturated carbocycles. The number of nitrogens with zero attached hydrogens (tertiary/aromatic N) is 3. The Hall–Kier alpha value is -2.89. The second kappa shape index (κ2) is 7.62. The van der Waals surface area contributed by atoms with Crippen molar-refractivity contribution in [2.24, 2.45) is 0 Å². The van der Waals surface area contributed by atoms with Crippen molar-refractivity contribution < 1.29 is 0 Å². The fourth-order valence-electron chi connectivity index (χ4n) is 3.10. The lowest BCUT2D eigenvalue weighted by Gasteiger charge is -2.13. The third kappa shape index (κ3) is 3.35. The van der Waals surface area contributed by atoms with E-state index in [2.05, 4.69) is 15.3 Å². The number of nitrogens with one attached hydrogen (secondary N) is 1. The van der Waals surface area contributed by atoms with Gasteiger partial charge >= 0.3 is 0 Å². The smallest absolute Gasteiger partial charge is 0.260 e. The van der Waals surface area contributed by atoms with Crippen LogP contribution in [0.4, 0.5) is 11.6 Å². The molecule has 0 fully saturated rings. The van der Waals surface area contributed by atoms with Gasteiger partial charge in [0.2, 0.25) is 5.95 Å². The summed E-state index contributed by atoms with van der Waals surface area (Å²) in [5.41, 5.74) is 2.16. The molecule has 2 aromatic carbocycles. The molecule has 140 valence electrons. The van der Waals surface area contributed by atoms with Gasteiger partial charge in [-0.15, -0.1) is 0 Å². The van der Waals surface area contributed by atoms with Crippen molar-refractivity contribution in [2.75, 3.05) is 5.32 Å². The van der Waals surface area contributed by atoms with Crippen molar-refractivity contribution in [3.05, 3.63) is 81.2 Å². The number of pyridine rings is 1.